The predicted octanol–water partition coefficient (Wildman–Crippen LogP) is 2.60. The number of carbonyl (C=O) groups is 2. The Kier molecular flexibility index (Phi) is 6.94. The normalized spacial score (nSPS) is 12.2. The Bertz CT molecular complexity index is 850. The van der Waals surface area contributed by atoms with Gasteiger partial charge in [-0.1, -0.05) is 6.07 Å². The van der Waals surface area contributed by atoms with Gasteiger partial charge in [0.1, 0.15) is 13.2 Å². The summed E-state index contributed by atoms with van der Waals surface area (Å²) >= 11 is 0. The number of ether oxygens (including phenoxy) is 2. The molecule has 0 atom stereocenters. The lowest BCUT2D eigenvalue weighted by Crippen LogP contribution is -2.32. The average molecular weight is 397 g/mol. The number of hydrogen-bond donors (Lipinski definition) is 2. The summed E-state index contributed by atoms with van der Waals surface area (Å²) in [7, 11) is 3.91. The fourth-order valence-corrected chi connectivity index (χ4v) is 3.01. The second-order valence-corrected chi connectivity index (χ2v) is 7.10. The number of aryl methyl sites for hydroxylation is 1. The van der Waals surface area contributed by atoms with Crippen molar-refractivity contribution in [2.45, 2.75) is 19.3 Å². The number of nitrogens with one attached hydrogen (secondary N) is 2. The highest BCUT2D eigenvalue weighted by atomic mass is 16.6. The van der Waals surface area contributed by atoms with Crippen LogP contribution in [-0.4, -0.2) is 45.7 Å². The smallest absolute Gasteiger partial charge is 0.243 e. The molecule has 29 heavy (non-hydrogen) atoms. The zero-order valence-corrected chi connectivity index (χ0v) is 16.9. The fraction of sp³-hybridized carbons (Fsp3) is 0.364. The van der Waals surface area contributed by atoms with Gasteiger partial charge in [0, 0.05) is 31.9 Å². The molecule has 0 unspecified atom stereocenters. The molecule has 0 saturated carbocycles. The Labute approximate surface area is 171 Å². The van der Waals surface area contributed by atoms with E-state index in [0.717, 1.165) is 29.2 Å². The standard InChI is InChI=1S/C22H27N3O4/c1-25(2)18-9-7-17(8-10-18)24-22(27)15-23-21(26)5-3-4-16-6-11-19-20(14-16)29-13-12-28-19/h6-11,14H,3-5,12-13,15H2,1-2H3,(H,23,26)(H,24,27). The van der Waals surface area contributed by atoms with E-state index in [1.54, 1.807) is 0 Å². The topological polar surface area (TPSA) is 79.9 Å². The summed E-state index contributed by atoms with van der Waals surface area (Å²) in [5.74, 6) is 1.14. The van der Waals surface area contributed by atoms with Crippen LogP contribution in [0.3, 0.4) is 0 Å². The molecule has 0 saturated heterocycles. The number of benzene rings is 2. The quantitative estimate of drug-likeness (QED) is 0.716. The molecule has 3 rings (SSSR count). The van der Waals surface area contributed by atoms with Crippen LogP contribution in [0.25, 0.3) is 0 Å². The molecule has 2 N–H and O–H groups in total. The molecule has 7 nitrogen and oxygen atoms in total. The van der Waals surface area contributed by atoms with E-state index in [9.17, 15) is 9.59 Å². The lowest BCUT2D eigenvalue weighted by Gasteiger charge is -2.18. The van der Waals surface area contributed by atoms with Crippen LogP contribution < -0.4 is 25.0 Å². The van der Waals surface area contributed by atoms with Crippen LogP contribution in [0.5, 0.6) is 11.5 Å². The molecule has 0 radical (unpaired) electrons. The maximum Gasteiger partial charge on any atom is 0.243 e. The van der Waals surface area contributed by atoms with Gasteiger partial charge >= 0.3 is 0 Å². The average Bonchev–Trinajstić information content (AvgIpc) is 2.72. The van der Waals surface area contributed by atoms with Gasteiger partial charge in [-0.05, 0) is 54.8 Å². The number of anilines is 2. The van der Waals surface area contributed by atoms with Crippen molar-refractivity contribution < 1.29 is 19.1 Å². The van der Waals surface area contributed by atoms with Gasteiger partial charge in [0.2, 0.25) is 11.8 Å². The first kappa shape index (κ1) is 20.5. The maximum absolute atomic E-state index is 12.0. The zero-order chi connectivity index (χ0) is 20.6. The second kappa shape index (κ2) is 9.82. The van der Waals surface area contributed by atoms with Crippen molar-refractivity contribution in [1.82, 2.24) is 5.32 Å². The summed E-state index contributed by atoms with van der Waals surface area (Å²) < 4.78 is 11.1. The number of nitrogens with zero attached hydrogens (tertiary/aromatic N) is 1. The van der Waals surface area contributed by atoms with Crippen LogP contribution in [0.4, 0.5) is 11.4 Å². The second-order valence-electron chi connectivity index (χ2n) is 7.10. The van der Waals surface area contributed by atoms with Crippen molar-refractivity contribution in [2.75, 3.05) is 44.1 Å². The van der Waals surface area contributed by atoms with E-state index in [1.807, 2.05) is 61.5 Å². The maximum atomic E-state index is 12.0. The van der Waals surface area contributed by atoms with E-state index in [1.165, 1.54) is 0 Å². The van der Waals surface area contributed by atoms with Crippen LogP contribution in [0.15, 0.2) is 42.5 Å². The number of hydrogen-bond acceptors (Lipinski definition) is 5. The number of carbonyl (C=O) groups excluding carboxylic acids is 2. The van der Waals surface area contributed by atoms with Crippen molar-refractivity contribution >= 4 is 23.2 Å². The molecule has 0 aromatic heterocycles. The Balaban J connectivity index is 1.35. The Morgan fingerprint density at radius 1 is 0.966 bits per heavy atom. The zero-order valence-electron chi connectivity index (χ0n) is 16.9. The minimum atomic E-state index is -0.247. The van der Waals surface area contributed by atoms with Gasteiger partial charge in [-0.2, -0.15) is 0 Å². The molecule has 0 fully saturated rings. The van der Waals surface area contributed by atoms with Gasteiger partial charge in [-0.25, -0.2) is 0 Å². The Hall–Kier alpha value is -3.22. The van der Waals surface area contributed by atoms with Gasteiger partial charge in [0.05, 0.1) is 6.54 Å². The molecular formula is C22H27N3O4. The Morgan fingerprint density at radius 3 is 2.41 bits per heavy atom. The van der Waals surface area contributed by atoms with Crippen LogP contribution in [-0.2, 0) is 16.0 Å². The number of amides is 2. The molecule has 2 aromatic carbocycles. The van der Waals surface area contributed by atoms with Crippen molar-refractivity contribution in [3.63, 3.8) is 0 Å². The highest BCUT2D eigenvalue weighted by Crippen LogP contribution is 2.31. The predicted molar refractivity (Wildman–Crippen MR) is 113 cm³/mol. The lowest BCUT2D eigenvalue weighted by atomic mass is 10.1. The molecule has 1 aliphatic heterocycles. The number of fused-ring (bicyclic) bond motifs is 1. The van der Waals surface area contributed by atoms with Crippen LogP contribution >= 0.6 is 0 Å². The monoisotopic (exact) mass is 397 g/mol. The van der Waals surface area contributed by atoms with E-state index in [2.05, 4.69) is 10.6 Å². The first-order valence-corrected chi connectivity index (χ1v) is 9.74. The Morgan fingerprint density at radius 2 is 1.69 bits per heavy atom. The van der Waals surface area contributed by atoms with Crippen LogP contribution in [0, 0.1) is 0 Å². The van der Waals surface area contributed by atoms with Crippen LogP contribution in [0.2, 0.25) is 0 Å². The molecule has 0 spiro atoms. The van der Waals surface area contributed by atoms with E-state index in [-0.39, 0.29) is 18.4 Å². The minimum Gasteiger partial charge on any atom is -0.486 e. The van der Waals surface area contributed by atoms with Gasteiger partial charge in [-0.15, -0.1) is 0 Å². The van der Waals surface area contributed by atoms with Crippen molar-refractivity contribution in [2.24, 2.45) is 0 Å². The summed E-state index contributed by atoms with van der Waals surface area (Å²) in [5.41, 5.74) is 2.85. The summed E-state index contributed by atoms with van der Waals surface area (Å²) in [5, 5.41) is 5.44. The van der Waals surface area contributed by atoms with E-state index >= 15 is 0 Å². The first-order chi connectivity index (χ1) is 14.0. The molecule has 7 heteroatoms. The molecule has 0 aliphatic carbocycles. The first-order valence-electron chi connectivity index (χ1n) is 9.74. The lowest BCUT2D eigenvalue weighted by molar-refractivity contribution is -0.124. The largest absolute Gasteiger partial charge is 0.486 e. The summed E-state index contributed by atoms with van der Waals surface area (Å²) in [6, 6.07) is 13.4. The van der Waals surface area contributed by atoms with Gasteiger partial charge < -0.3 is 25.0 Å². The minimum absolute atomic E-state index is 0.0434. The molecule has 0 bridgehead atoms. The molecular weight excluding hydrogens is 370 g/mol. The van der Waals surface area contributed by atoms with Crippen molar-refractivity contribution in [1.29, 1.82) is 0 Å². The van der Waals surface area contributed by atoms with Crippen molar-refractivity contribution in [3.05, 3.63) is 48.0 Å². The van der Waals surface area contributed by atoms with Gasteiger partial charge in [0.25, 0.3) is 0 Å². The third kappa shape index (κ3) is 6.14. The molecule has 1 aliphatic rings. The van der Waals surface area contributed by atoms with Crippen LogP contribution in [0.1, 0.15) is 18.4 Å². The number of rotatable bonds is 8. The highest BCUT2D eigenvalue weighted by molar-refractivity contribution is 5.94. The molecule has 2 amide bonds. The fourth-order valence-electron chi connectivity index (χ4n) is 3.01. The molecule has 1 heterocycles. The third-order valence-electron chi connectivity index (χ3n) is 4.59. The summed E-state index contributed by atoms with van der Waals surface area (Å²) in [4.78, 5) is 26.0. The summed E-state index contributed by atoms with van der Waals surface area (Å²) in [6.45, 7) is 1.08. The van der Waals surface area contributed by atoms with E-state index < -0.39 is 0 Å². The summed E-state index contributed by atoms with van der Waals surface area (Å²) in [6.07, 6.45) is 1.81. The van der Waals surface area contributed by atoms with Crippen molar-refractivity contribution in [3.8, 4) is 11.5 Å². The third-order valence-corrected chi connectivity index (χ3v) is 4.59. The molecule has 2 aromatic rings. The SMILES string of the molecule is CN(C)c1ccc(NC(=O)CNC(=O)CCCc2ccc3c(c2)OCCO3)cc1. The van der Waals surface area contributed by atoms with Gasteiger partial charge in [0.15, 0.2) is 11.5 Å². The highest BCUT2D eigenvalue weighted by Gasteiger charge is 2.12. The van der Waals surface area contributed by atoms with Gasteiger partial charge in [-0.3, -0.25) is 9.59 Å². The van der Waals surface area contributed by atoms with E-state index in [4.69, 9.17) is 9.47 Å². The molecule has 154 valence electrons. The van der Waals surface area contributed by atoms with E-state index in [0.29, 0.717) is 31.7 Å².